The number of nitrogens with one attached hydrogen (secondary N) is 1. The molecular formula is C28H46N2O8. The zero-order valence-corrected chi connectivity index (χ0v) is 23.0. The fraction of sp³-hybridized carbons (Fsp3) is 0.929. The molecule has 0 radical (unpaired) electrons. The van der Waals surface area contributed by atoms with Crippen LogP contribution in [0, 0.1) is 17.8 Å². The molecule has 0 amide bonds. The number of epoxide rings is 1. The summed E-state index contributed by atoms with van der Waals surface area (Å²) in [5.41, 5.74) is 4.22. The van der Waals surface area contributed by atoms with Crippen molar-refractivity contribution < 1.29 is 38.7 Å². The molecule has 10 nitrogen and oxygen atoms in total. The average molecular weight is 539 g/mol. The molecule has 5 rings (SSSR count). The van der Waals surface area contributed by atoms with E-state index in [0.717, 1.165) is 32.2 Å². The predicted octanol–water partition coefficient (Wildman–Crippen LogP) is 1.18. The molecule has 5 fully saturated rings. The number of aliphatic hydroxyl groups is 2. The maximum absolute atomic E-state index is 13.6. The highest BCUT2D eigenvalue weighted by atomic mass is 16.7. The van der Waals surface area contributed by atoms with E-state index in [0.29, 0.717) is 38.0 Å². The van der Waals surface area contributed by atoms with Crippen LogP contribution in [0.3, 0.4) is 0 Å². The zero-order chi connectivity index (χ0) is 27.2. The second kappa shape index (κ2) is 11.0. The van der Waals surface area contributed by atoms with Gasteiger partial charge in [-0.1, -0.05) is 0 Å². The summed E-state index contributed by atoms with van der Waals surface area (Å²) >= 11 is 0. The molecule has 4 heterocycles. The zero-order valence-electron chi connectivity index (χ0n) is 23.0. The number of piperidine rings is 1. The Balaban J connectivity index is 1.24. The quantitative estimate of drug-likeness (QED) is 0.262. The van der Waals surface area contributed by atoms with E-state index >= 15 is 0 Å². The lowest BCUT2D eigenvalue weighted by molar-refractivity contribution is -0.257. The Morgan fingerprint density at radius 2 is 1.97 bits per heavy atom. The summed E-state index contributed by atoms with van der Waals surface area (Å²) in [6, 6.07) is 0. The number of ketones is 1. The van der Waals surface area contributed by atoms with E-state index in [2.05, 4.69) is 5.32 Å². The van der Waals surface area contributed by atoms with Crippen LogP contribution in [0.4, 0.5) is 0 Å². The van der Waals surface area contributed by atoms with Gasteiger partial charge in [0.15, 0.2) is 5.60 Å². The number of nitrogens with two attached hydrogens (primary N) is 1. The van der Waals surface area contributed by atoms with Crippen molar-refractivity contribution in [2.75, 3.05) is 13.2 Å². The van der Waals surface area contributed by atoms with E-state index in [4.69, 9.17) is 24.7 Å². The normalized spacial score (nSPS) is 46.1. The minimum atomic E-state index is -1.05. The van der Waals surface area contributed by atoms with Gasteiger partial charge in [-0.25, -0.2) is 4.79 Å². The highest BCUT2D eigenvalue weighted by Gasteiger charge is 2.64. The Morgan fingerprint density at radius 3 is 2.71 bits per heavy atom. The summed E-state index contributed by atoms with van der Waals surface area (Å²) < 4.78 is 24.6. The summed E-state index contributed by atoms with van der Waals surface area (Å²) in [6.45, 7) is 6.56. The molecule has 4 aliphatic heterocycles. The van der Waals surface area contributed by atoms with Gasteiger partial charge in [0, 0.05) is 25.4 Å². The van der Waals surface area contributed by atoms with Gasteiger partial charge in [0.05, 0.1) is 48.2 Å². The summed E-state index contributed by atoms with van der Waals surface area (Å²) in [5, 5.41) is 24.0. The number of carbonyl (C=O) groups excluding carboxylic acids is 2. The molecule has 1 saturated carbocycles. The molecule has 0 bridgehead atoms. The van der Waals surface area contributed by atoms with Crippen molar-refractivity contribution >= 4 is 11.8 Å². The summed E-state index contributed by atoms with van der Waals surface area (Å²) in [6.07, 6.45) is 3.21. The van der Waals surface area contributed by atoms with E-state index < -0.39 is 35.3 Å². The fourth-order valence-electron chi connectivity index (χ4n) is 7.44. The van der Waals surface area contributed by atoms with Crippen molar-refractivity contribution in [1.29, 1.82) is 0 Å². The molecule has 10 heteroatoms. The molecule has 216 valence electrons. The van der Waals surface area contributed by atoms with Gasteiger partial charge in [-0.05, 0) is 78.2 Å². The molecule has 11 atom stereocenters. The van der Waals surface area contributed by atoms with Crippen molar-refractivity contribution in [2.45, 2.75) is 133 Å². The molecule has 0 aromatic carbocycles. The van der Waals surface area contributed by atoms with Crippen LogP contribution in [-0.4, -0.2) is 89.1 Å². The first-order valence-corrected chi connectivity index (χ1v) is 14.6. The Labute approximate surface area is 225 Å². The minimum Gasteiger partial charge on any atom is -0.457 e. The first kappa shape index (κ1) is 28.4. The Hall–Kier alpha value is -1.14. The molecule has 0 spiro atoms. The van der Waals surface area contributed by atoms with Crippen molar-refractivity contribution in [3.63, 3.8) is 0 Å². The smallest absolute Gasteiger partial charge is 0.341 e. The number of fused-ring (bicyclic) bond motifs is 2. The van der Waals surface area contributed by atoms with Crippen LogP contribution in [0.2, 0.25) is 0 Å². The van der Waals surface area contributed by atoms with Gasteiger partial charge in [-0.2, -0.15) is 0 Å². The minimum absolute atomic E-state index is 0.0135. The lowest BCUT2D eigenvalue weighted by Gasteiger charge is -2.53. The van der Waals surface area contributed by atoms with Gasteiger partial charge in [0.25, 0.3) is 0 Å². The van der Waals surface area contributed by atoms with Crippen molar-refractivity contribution in [2.24, 2.45) is 23.5 Å². The van der Waals surface area contributed by atoms with Gasteiger partial charge in [0.2, 0.25) is 0 Å². The number of aliphatic hydroxyl groups excluding tert-OH is 2. The van der Waals surface area contributed by atoms with Crippen LogP contribution in [0.5, 0.6) is 0 Å². The van der Waals surface area contributed by atoms with Crippen LogP contribution in [0.25, 0.3) is 0 Å². The van der Waals surface area contributed by atoms with Gasteiger partial charge in [-0.3, -0.25) is 4.79 Å². The first-order valence-electron chi connectivity index (χ1n) is 14.6. The standard InChI is InChI=1S/C28H46N2O8/c1-15-11-18(32)24-20(35-15)14-19-17(25(24)33)13-22(27(2,3)37-19)36-26(34)28(8-4-10-31)21(38-28)6-5-16-7-9-30-23(29)12-16/h15-17,19-25,30-31,33H,4-14,29H2,1-3H3/t15?,16?,17?,19?,20?,21-,22-,23?,24?,25?,28-/m1/s1. The monoisotopic (exact) mass is 538 g/mol. The molecule has 5 aliphatic rings. The number of Topliss-reactive ketones (excluding diaryl/α,β-unsaturated/α-hetero) is 1. The van der Waals surface area contributed by atoms with Gasteiger partial charge in [0.1, 0.15) is 11.9 Å². The molecule has 38 heavy (non-hydrogen) atoms. The number of ether oxygens (including phenoxy) is 4. The van der Waals surface area contributed by atoms with Crippen molar-refractivity contribution in [1.82, 2.24) is 5.32 Å². The molecule has 0 aromatic heterocycles. The topological polar surface area (TPSA) is 153 Å². The molecule has 0 aromatic rings. The molecule has 5 N–H and O–H groups in total. The largest absolute Gasteiger partial charge is 0.457 e. The van der Waals surface area contributed by atoms with Gasteiger partial charge in [-0.15, -0.1) is 0 Å². The first-order chi connectivity index (χ1) is 18.0. The van der Waals surface area contributed by atoms with Crippen molar-refractivity contribution in [3.8, 4) is 0 Å². The molecule has 8 unspecified atom stereocenters. The van der Waals surface area contributed by atoms with Crippen LogP contribution >= 0.6 is 0 Å². The van der Waals surface area contributed by atoms with E-state index in [9.17, 15) is 19.8 Å². The third-order valence-electron chi connectivity index (χ3n) is 9.63. The Bertz CT molecular complexity index is 885. The van der Waals surface area contributed by atoms with Crippen molar-refractivity contribution in [3.05, 3.63) is 0 Å². The number of hydrogen-bond donors (Lipinski definition) is 4. The number of carbonyl (C=O) groups is 2. The summed E-state index contributed by atoms with van der Waals surface area (Å²) in [4.78, 5) is 26.4. The number of esters is 1. The summed E-state index contributed by atoms with van der Waals surface area (Å²) in [5.74, 6) is -0.784. The van der Waals surface area contributed by atoms with Crippen LogP contribution in [0.15, 0.2) is 0 Å². The predicted molar refractivity (Wildman–Crippen MR) is 137 cm³/mol. The lowest BCUT2D eigenvalue weighted by atomic mass is 9.67. The SMILES string of the molecule is CC1CC(=O)C2C(CC3OC(C)(C)[C@H](OC(=O)[C@]4(CCCO)O[C@@H]4CCC4CCNC(N)C4)CC3C2O)O1. The highest BCUT2D eigenvalue weighted by molar-refractivity contribution is 5.84. The number of rotatable bonds is 8. The summed E-state index contributed by atoms with van der Waals surface area (Å²) in [7, 11) is 0. The lowest BCUT2D eigenvalue weighted by Crippen LogP contribution is -2.63. The molecule has 1 aliphatic carbocycles. The third-order valence-corrected chi connectivity index (χ3v) is 9.63. The van der Waals surface area contributed by atoms with Gasteiger partial charge < -0.3 is 40.2 Å². The van der Waals surface area contributed by atoms with E-state index in [1.54, 1.807) is 0 Å². The van der Waals surface area contributed by atoms with E-state index in [-0.39, 0.29) is 48.9 Å². The second-order valence-electron chi connectivity index (χ2n) is 12.8. The van der Waals surface area contributed by atoms with Crippen LogP contribution in [0.1, 0.15) is 78.6 Å². The van der Waals surface area contributed by atoms with E-state index in [1.807, 2.05) is 20.8 Å². The second-order valence-corrected chi connectivity index (χ2v) is 12.8. The fourth-order valence-corrected chi connectivity index (χ4v) is 7.44. The van der Waals surface area contributed by atoms with E-state index in [1.165, 1.54) is 0 Å². The maximum Gasteiger partial charge on any atom is 0.341 e. The molecule has 4 saturated heterocycles. The third kappa shape index (κ3) is 5.55. The highest BCUT2D eigenvalue weighted by Crippen LogP contribution is 2.49. The Morgan fingerprint density at radius 1 is 1.18 bits per heavy atom. The maximum atomic E-state index is 13.6. The van der Waals surface area contributed by atoms with Gasteiger partial charge >= 0.3 is 5.97 Å². The average Bonchev–Trinajstić information content (AvgIpc) is 3.56. The Kier molecular flexibility index (Phi) is 8.24. The molecular weight excluding hydrogens is 492 g/mol. The van der Waals surface area contributed by atoms with Crippen LogP contribution in [-0.2, 0) is 28.5 Å². The van der Waals surface area contributed by atoms with Crippen LogP contribution < -0.4 is 11.1 Å². The number of hydrogen-bond acceptors (Lipinski definition) is 10.